The molecule has 1 heteroatoms. The van der Waals surface area contributed by atoms with Gasteiger partial charge in [0.05, 0.1) is 0 Å². The van der Waals surface area contributed by atoms with E-state index in [9.17, 15) is 0 Å². The van der Waals surface area contributed by atoms with E-state index in [4.69, 9.17) is 5.32 Å². The van der Waals surface area contributed by atoms with Crippen molar-refractivity contribution in [3.8, 4) is 0 Å². The summed E-state index contributed by atoms with van der Waals surface area (Å²) in [6.45, 7) is 9.31. The van der Waals surface area contributed by atoms with E-state index in [-0.39, 0.29) is 0 Å². The lowest BCUT2D eigenvalue weighted by molar-refractivity contribution is 0.471. The summed E-state index contributed by atoms with van der Waals surface area (Å²) >= 11 is 0. The van der Waals surface area contributed by atoms with Crippen LogP contribution in [0.3, 0.4) is 0 Å². The van der Waals surface area contributed by atoms with Crippen molar-refractivity contribution < 1.29 is 0 Å². The van der Waals surface area contributed by atoms with Gasteiger partial charge in [-0.15, -0.1) is 6.58 Å². The van der Waals surface area contributed by atoms with E-state index < -0.39 is 0 Å². The highest BCUT2D eigenvalue weighted by atomic mass is 14.9. The Kier molecular flexibility index (Phi) is 12.5. The van der Waals surface area contributed by atoms with Gasteiger partial charge in [-0.3, -0.25) is 0 Å². The van der Waals surface area contributed by atoms with Crippen LogP contribution in [-0.4, -0.2) is 12.6 Å². The molecule has 0 aliphatic heterocycles. The fourth-order valence-corrected chi connectivity index (χ4v) is 1.91. The Morgan fingerprint density at radius 3 is 2.19 bits per heavy atom. The average Bonchev–Trinajstić information content (AvgIpc) is 2.31. The fourth-order valence-electron chi connectivity index (χ4n) is 1.91. The number of hydrogen-bond acceptors (Lipinski definition) is 0. The summed E-state index contributed by atoms with van der Waals surface area (Å²) < 4.78 is 0. The topological polar surface area (TPSA) is 14.1 Å². The molecule has 0 heterocycles. The molecule has 1 nitrogen and oxygen atoms in total. The van der Waals surface area contributed by atoms with Crippen molar-refractivity contribution in [3.05, 3.63) is 12.7 Å². The molecule has 0 saturated carbocycles. The van der Waals surface area contributed by atoms with Gasteiger partial charge in [-0.1, -0.05) is 58.4 Å². The average molecular weight is 224 g/mol. The van der Waals surface area contributed by atoms with E-state index in [1.807, 2.05) is 6.08 Å². The molecule has 0 rings (SSSR count). The molecule has 0 fully saturated rings. The summed E-state index contributed by atoms with van der Waals surface area (Å²) in [6.07, 6.45) is 13.8. The molecular weight excluding hydrogens is 194 g/mol. The minimum Gasteiger partial charge on any atom is -0.238 e. The summed E-state index contributed by atoms with van der Waals surface area (Å²) in [4.78, 5) is 0. The van der Waals surface area contributed by atoms with Crippen molar-refractivity contribution in [2.75, 3.05) is 6.54 Å². The molecule has 95 valence electrons. The zero-order chi connectivity index (χ0) is 12.1. The minimum atomic E-state index is 0.526. The highest BCUT2D eigenvalue weighted by molar-refractivity contribution is 4.76. The maximum absolute atomic E-state index is 4.69. The highest BCUT2D eigenvalue weighted by Crippen LogP contribution is 2.07. The molecule has 0 saturated heterocycles. The molecule has 0 amide bonds. The van der Waals surface area contributed by atoms with Gasteiger partial charge in [-0.05, 0) is 19.3 Å². The summed E-state index contributed by atoms with van der Waals surface area (Å²) in [6, 6.07) is 0.526. The van der Waals surface area contributed by atoms with Crippen LogP contribution in [0, 0.1) is 0 Å². The Labute approximate surface area is 103 Å². The maximum Gasteiger partial charge on any atom is 0.0277 e. The molecule has 0 bridgehead atoms. The fraction of sp³-hybridized carbons (Fsp3) is 0.867. The molecule has 1 atom stereocenters. The van der Waals surface area contributed by atoms with Crippen LogP contribution in [0.2, 0.25) is 0 Å². The quantitative estimate of drug-likeness (QED) is 0.337. The molecule has 16 heavy (non-hydrogen) atoms. The van der Waals surface area contributed by atoms with Gasteiger partial charge in [0.1, 0.15) is 0 Å². The molecule has 0 N–H and O–H groups in total. The minimum absolute atomic E-state index is 0.526. The first-order chi connectivity index (χ1) is 7.85. The highest BCUT2D eigenvalue weighted by Gasteiger charge is 2.03. The van der Waals surface area contributed by atoms with Gasteiger partial charge in [0, 0.05) is 12.6 Å². The van der Waals surface area contributed by atoms with Crippen molar-refractivity contribution in [2.45, 2.75) is 77.7 Å². The number of rotatable bonds is 12. The monoisotopic (exact) mass is 224 g/mol. The third-order valence-corrected chi connectivity index (χ3v) is 3.06. The van der Waals surface area contributed by atoms with Crippen LogP contribution in [0.1, 0.15) is 71.6 Å². The van der Waals surface area contributed by atoms with Crippen LogP contribution in [0.4, 0.5) is 0 Å². The van der Waals surface area contributed by atoms with E-state index in [0.717, 1.165) is 19.4 Å². The van der Waals surface area contributed by atoms with Gasteiger partial charge in [-0.2, -0.15) is 0 Å². The van der Waals surface area contributed by atoms with Crippen molar-refractivity contribution >= 4 is 0 Å². The van der Waals surface area contributed by atoms with E-state index in [0.29, 0.717) is 6.04 Å². The zero-order valence-electron chi connectivity index (χ0n) is 11.4. The SMILES string of the molecule is C=CCC(CC)[N]CCCCCCCCC. The second kappa shape index (κ2) is 12.8. The molecule has 0 aromatic heterocycles. The lowest BCUT2D eigenvalue weighted by atomic mass is 10.1. The van der Waals surface area contributed by atoms with Crippen LogP contribution in [0.25, 0.3) is 0 Å². The molecule has 0 aliphatic rings. The normalized spacial score (nSPS) is 12.6. The summed E-state index contributed by atoms with van der Waals surface area (Å²) in [7, 11) is 0. The summed E-state index contributed by atoms with van der Waals surface area (Å²) in [5.41, 5.74) is 0. The second-order valence-electron chi connectivity index (χ2n) is 4.61. The molecule has 1 radical (unpaired) electrons. The van der Waals surface area contributed by atoms with Crippen molar-refractivity contribution in [1.82, 2.24) is 5.32 Å². The van der Waals surface area contributed by atoms with Crippen LogP contribution < -0.4 is 5.32 Å². The predicted octanol–water partition coefficient (Wildman–Crippen LogP) is 4.70. The maximum atomic E-state index is 4.69. The van der Waals surface area contributed by atoms with Crippen LogP contribution in [0.15, 0.2) is 12.7 Å². The Hall–Kier alpha value is -0.300. The third-order valence-electron chi connectivity index (χ3n) is 3.06. The van der Waals surface area contributed by atoms with E-state index in [2.05, 4.69) is 20.4 Å². The first-order valence-electron chi connectivity index (χ1n) is 7.12. The summed E-state index contributed by atoms with van der Waals surface area (Å²) in [5, 5.41) is 4.69. The van der Waals surface area contributed by atoms with Crippen molar-refractivity contribution in [1.29, 1.82) is 0 Å². The van der Waals surface area contributed by atoms with Gasteiger partial charge < -0.3 is 0 Å². The van der Waals surface area contributed by atoms with Gasteiger partial charge in [0.25, 0.3) is 0 Å². The lowest BCUT2D eigenvalue weighted by Crippen LogP contribution is -2.21. The molecular formula is C15H30N. The molecule has 0 aromatic carbocycles. The van der Waals surface area contributed by atoms with E-state index in [1.54, 1.807) is 0 Å². The lowest BCUT2D eigenvalue weighted by Gasteiger charge is -2.12. The first kappa shape index (κ1) is 15.7. The number of hydrogen-bond donors (Lipinski definition) is 0. The first-order valence-corrected chi connectivity index (χ1v) is 7.12. The molecule has 0 aliphatic carbocycles. The summed E-state index contributed by atoms with van der Waals surface area (Å²) in [5.74, 6) is 0. The van der Waals surface area contributed by atoms with Crippen LogP contribution in [0.5, 0.6) is 0 Å². The molecule has 0 aromatic rings. The Morgan fingerprint density at radius 1 is 1.00 bits per heavy atom. The Morgan fingerprint density at radius 2 is 1.62 bits per heavy atom. The van der Waals surface area contributed by atoms with Crippen molar-refractivity contribution in [2.24, 2.45) is 0 Å². The van der Waals surface area contributed by atoms with Gasteiger partial charge >= 0.3 is 0 Å². The largest absolute Gasteiger partial charge is 0.238 e. The predicted molar refractivity (Wildman–Crippen MR) is 73.9 cm³/mol. The van der Waals surface area contributed by atoms with Crippen molar-refractivity contribution in [3.63, 3.8) is 0 Å². The number of unbranched alkanes of at least 4 members (excludes halogenated alkanes) is 6. The van der Waals surface area contributed by atoms with E-state index in [1.165, 1.54) is 44.9 Å². The zero-order valence-corrected chi connectivity index (χ0v) is 11.4. The smallest absolute Gasteiger partial charge is 0.0277 e. The Bertz CT molecular complexity index is 142. The van der Waals surface area contributed by atoms with E-state index >= 15 is 0 Å². The Balaban J connectivity index is 3.15. The van der Waals surface area contributed by atoms with Gasteiger partial charge in [-0.25, -0.2) is 5.32 Å². The second-order valence-corrected chi connectivity index (χ2v) is 4.61. The molecule has 1 unspecified atom stereocenters. The molecule has 0 spiro atoms. The third kappa shape index (κ3) is 10.2. The van der Waals surface area contributed by atoms with Crippen LogP contribution in [-0.2, 0) is 0 Å². The standard InChI is InChI=1S/C15H30N/c1-4-7-8-9-10-11-12-14-16-15(6-3)13-5-2/h5,15H,2,4,6-14H2,1,3H3. The van der Waals surface area contributed by atoms with Gasteiger partial charge in [0.2, 0.25) is 0 Å². The van der Waals surface area contributed by atoms with Gasteiger partial charge in [0.15, 0.2) is 0 Å². The van der Waals surface area contributed by atoms with Crippen LogP contribution >= 0.6 is 0 Å². The number of nitrogens with zero attached hydrogens (tertiary/aromatic N) is 1.